The number of hydrogen-bond acceptors (Lipinski definition) is 4. The lowest BCUT2D eigenvalue weighted by atomic mass is 10.6. The van der Waals surface area contributed by atoms with E-state index < -0.39 is 0 Å². The van der Waals surface area contributed by atoms with E-state index in [1.54, 1.807) is 0 Å². The van der Waals surface area contributed by atoms with Gasteiger partial charge in [-0.05, 0) is 47.4 Å². The number of hydrogen-bond donors (Lipinski definition) is 0. The predicted molar refractivity (Wildman–Crippen MR) is 89.9 cm³/mol. The van der Waals surface area contributed by atoms with E-state index in [0.29, 0.717) is 0 Å². The highest BCUT2D eigenvalue weighted by Gasteiger charge is 1.93. The van der Waals surface area contributed by atoms with Gasteiger partial charge in [-0.25, -0.2) is 0 Å². The Bertz CT molecular complexity index is 106. The largest absolute Gasteiger partial charge is 0.162 e. The molecule has 0 aromatic heterocycles. The molecule has 0 N–H and O–H groups in total. The highest BCUT2D eigenvalue weighted by molar-refractivity contribution is 8.03. The molecule has 0 aromatic rings. The van der Waals surface area contributed by atoms with E-state index in [2.05, 4.69) is 60.9 Å². The van der Waals surface area contributed by atoms with E-state index in [9.17, 15) is 0 Å². The van der Waals surface area contributed by atoms with Crippen molar-refractivity contribution in [2.45, 2.75) is 26.7 Å². The SMILES string of the molecule is CCSCCCSCCSCCCSCC. The number of rotatable bonds is 13. The van der Waals surface area contributed by atoms with Crippen LogP contribution in [0.15, 0.2) is 0 Å². The molecule has 0 aliphatic carbocycles. The first-order chi connectivity index (χ1) is 7.91. The molecule has 0 saturated heterocycles. The zero-order chi connectivity index (χ0) is 11.9. The van der Waals surface area contributed by atoms with Crippen molar-refractivity contribution in [1.82, 2.24) is 0 Å². The first kappa shape index (κ1) is 17.4. The first-order valence-electron chi connectivity index (χ1n) is 6.22. The van der Waals surface area contributed by atoms with Gasteiger partial charge in [0.25, 0.3) is 0 Å². The molecule has 98 valence electrons. The molecular formula is C12H26S4. The molecule has 0 aliphatic heterocycles. The molecule has 0 aliphatic rings. The van der Waals surface area contributed by atoms with Gasteiger partial charge in [0.2, 0.25) is 0 Å². The fourth-order valence-corrected chi connectivity index (χ4v) is 4.82. The van der Waals surface area contributed by atoms with Crippen molar-refractivity contribution >= 4 is 47.0 Å². The standard InChI is InChI=1S/C12H26S4/c1-3-13-7-5-9-15-11-12-16-10-6-8-14-4-2/h3-12H2,1-2H3. The summed E-state index contributed by atoms with van der Waals surface area (Å²) in [7, 11) is 0. The van der Waals surface area contributed by atoms with Crippen molar-refractivity contribution in [2.24, 2.45) is 0 Å². The Morgan fingerprint density at radius 3 is 1.25 bits per heavy atom. The van der Waals surface area contributed by atoms with Crippen LogP contribution in [-0.2, 0) is 0 Å². The van der Waals surface area contributed by atoms with E-state index in [0.717, 1.165) is 0 Å². The second-order valence-corrected chi connectivity index (χ2v) is 8.56. The summed E-state index contributed by atoms with van der Waals surface area (Å²) in [5, 5.41) is 0. The van der Waals surface area contributed by atoms with Gasteiger partial charge in [0.1, 0.15) is 0 Å². The third-order valence-corrected chi connectivity index (χ3v) is 6.30. The quantitative estimate of drug-likeness (QED) is 0.450. The van der Waals surface area contributed by atoms with Gasteiger partial charge < -0.3 is 0 Å². The topological polar surface area (TPSA) is 0 Å². The van der Waals surface area contributed by atoms with Crippen LogP contribution in [0.25, 0.3) is 0 Å². The number of thioether (sulfide) groups is 4. The van der Waals surface area contributed by atoms with Gasteiger partial charge in [-0.2, -0.15) is 47.0 Å². The van der Waals surface area contributed by atoms with Gasteiger partial charge in [0, 0.05) is 11.5 Å². The Labute approximate surface area is 119 Å². The smallest absolute Gasteiger partial charge is 0.00235 e. The third kappa shape index (κ3) is 15.4. The zero-order valence-corrected chi connectivity index (χ0v) is 14.0. The highest BCUT2D eigenvalue weighted by atomic mass is 32.2. The molecule has 0 heterocycles. The average molecular weight is 299 g/mol. The van der Waals surface area contributed by atoms with Crippen LogP contribution in [0.5, 0.6) is 0 Å². The molecule has 0 rings (SSSR count). The van der Waals surface area contributed by atoms with E-state index in [-0.39, 0.29) is 0 Å². The minimum absolute atomic E-state index is 1.27. The third-order valence-electron chi connectivity index (χ3n) is 1.93. The normalized spacial score (nSPS) is 10.9. The van der Waals surface area contributed by atoms with Crippen LogP contribution in [-0.4, -0.2) is 46.0 Å². The van der Waals surface area contributed by atoms with E-state index in [1.165, 1.54) is 58.9 Å². The fourth-order valence-electron chi connectivity index (χ4n) is 1.14. The lowest BCUT2D eigenvalue weighted by Gasteiger charge is -2.02. The fraction of sp³-hybridized carbons (Fsp3) is 1.00. The molecule has 0 unspecified atom stereocenters. The highest BCUT2D eigenvalue weighted by Crippen LogP contribution is 2.12. The molecule has 4 heteroatoms. The van der Waals surface area contributed by atoms with Crippen molar-refractivity contribution < 1.29 is 0 Å². The zero-order valence-electron chi connectivity index (χ0n) is 10.7. The molecule has 16 heavy (non-hydrogen) atoms. The van der Waals surface area contributed by atoms with Gasteiger partial charge >= 0.3 is 0 Å². The van der Waals surface area contributed by atoms with Crippen molar-refractivity contribution in [3.63, 3.8) is 0 Å². The van der Waals surface area contributed by atoms with Gasteiger partial charge in [-0.1, -0.05) is 13.8 Å². The minimum Gasteiger partial charge on any atom is -0.162 e. The Morgan fingerprint density at radius 2 is 0.875 bits per heavy atom. The van der Waals surface area contributed by atoms with Crippen LogP contribution < -0.4 is 0 Å². The summed E-state index contributed by atoms with van der Waals surface area (Å²) in [5.74, 6) is 10.7. The summed E-state index contributed by atoms with van der Waals surface area (Å²) in [6, 6.07) is 0. The van der Waals surface area contributed by atoms with Gasteiger partial charge in [-0.15, -0.1) is 0 Å². The van der Waals surface area contributed by atoms with Crippen LogP contribution in [0.4, 0.5) is 0 Å². The summed E-state index contributed by atoms with van der Waals surface area (Å²) in [4.78, 5) is 0. The Balaban J connectivity index is 2.83. The molecule has 0 radical (unpaired) electrons. The molecule has 0 bridgehead atoms. The van der Waals surface area contributed by atoms with Crippen LogP contribution in [0.2, 0.25) is 0 Å². The van der Waals surface area contributed by atoms with E-state index in [4.69, 9.17) is 0 Å². The van der Waals surface area contributed by atoms with Crippen LogP contribution in [0, 0.1) is 0 Å². The molecule has 0 atom stereocenters. The van der Waals surface area contributed by atoms with Crippen molar-refractivity contribution in [1.29, 1.82) is 0 Å². The molecule has 0 saturated carbocycles. The van der Waals surface area contributed by atoms with Crippen molar-refractivity contribution in [3.8, 4) is 0 Å². The Morgan fingerprint density at radius 1 is 0.500 bits per heavy atom. The molecule has 0 spiro atoms. The van der Waals surface area contributed by atoms with Crippen LogP contribution in [0.1, 0.15) is 26.7 Å². The van der Waals surface area contributed by atoms with E-state index in [1.807, 2.05) is 0 Å². The molecule has 0 fully saturated rings. The first-order valence-corrected chi connectivity index (χ1v) is 10.8. The summed E-state index contributed by atoms with van der Waals surface area (Å²) in [6.07, 6.45) is 2.78. The lowest BCUT2D eigenvalue weighted by Crippen LogP contribution is -1.91. The summed E-state index contributed by atoms with van der Waals surface area (Å²) >= 11 is 8.40. The maximum absolute atomic E-state index is 2.24. The average Bonchev–Trinajstić information content (AvgIpc) is 2.31. The van der Waals surface area contributed by atoms with E-state index >= 15 is 0 Å². The van der Waals surface area contributed by atoms with Crippen LogP contribution >= 0.6 is 47.0 Å². The molecule has 0 nitrogen and oxygen atoms in total. The minimum atomic E-state index is 1.27. The maximum atomic E-state index is 2.24. The monoisotopic (exact) mass is 298 g/mol. The molecule has 0 aromatic carbocycles. The van der Waals surface area contributed by atoms with Gasteiger partial charge in [0.05, 0.1) is 0 Å². The van der Waals surface area contributed by atoms with Gasteiger partial charge in [0.15, 0.2) is 0 Å². The Kier molecular flexibility index (Phi) is 17.8. The second kappa shape index (κ2) is 16.4. The molecule has 0 amide bonds. The summed E-state index contributed by atoms with van der Waals surface area (Å²) in [5.41, 5.74) is 0. The van der Waals surface area contributed by atoms with Crippen molar-refractivity contribution in [3.05, 3.63) is 0 Å². The second-order valence-electron chi connectivity index (χ2n) is 3.33. The van der Waals surface area contributed by atoms with Crippen molar-refractivity contribution in [2.75, 3.05) is 46.0 Å². The van der Waals surface area contributed by atoms with Gasteiger partial charge in [-0.3, -0.25) is 0 Å². The predicted octanol–water partition coefficient (Wildman–Crippen LogP) is 4.74. The maximum Gasteiger partial charge on any atom is 0.00235 e. The Hall–Kier alpha value is 1.40. The summed E-state index contributed by atoms with van der Waals surface area (Å²) in [6.45, 7) is 4.48. The summed E-state index contributed by atoms with van der Waals surface area (Å²) < 4.78 is 0. The van der Waals surface area contributed by atoms with Crippen LogP contribution in [0.3, 0.4) is 0 Å². The molecular weight excluding hydrogens is 272 g/mol. The lowest BCUT2D eigenvalue weighted by molar-refractivity contribution is 1.12.